The number of fused-ring (bicyclic) bond motifs is 1. The van der Waals surface area contributed by atoms with E-state index in [0.717, 1.165) is 21.5 Å². The van der Waals surface area contributed by atoms with Crippen LogP contribution in [0.5, 0.6) is 0 Å². The monoisotopic (exact) mass is 374 g/mol. The molecule has 0 radical (unpaired) electrons. The van der Waals surface area contributed by atoms with Crippen molar-refractivity contribution in [2.45, 2.75) is 6.54 Å². The van der Waals surface area contributed by atoms with Gasteiger partial charge in [-0.2, -0.15) is 0 Å². The van der Waals surface area contributed by atoms with Gasteiger partial charge in [0.1, 0.15) is 0 Å². The molecule has 0 spiro atoms. The van der Waals surface area contributed by atoms with E-state index in [-0.39, 0.29) is 0 Å². The molecule has 0 bridgehead atoms. The van der Waals surface area contributed by atoms with Gasteiger partial charge in [-0.05, 0) is 57.1 Å². The predicted octanol–water partition coefficient (Wildman–Crippen LogP) is 4.64. The second-order valence-electron chi connectivity index (χ2n) is 4.72. The lowest BCUT2D eigenvalue weighted by molar-refractivity contribution is 1.17. The summed E-state index contributed by atoms with van der Waals surface area (Å²) in [7, 11) is 0. The van der Waals surface area contributed by atoms with Crippen molar-refractivity contribution in [1.29, 1.82) is 0 Å². The molecule has 3 rings (SSSR count). The maximum absolute atomic E-state index is 6.03. The average Bonchev–Trinajstić information content (AvgIpc) is 2.46. The zero-order valence-corrected chi connectivity index (χ0v) is 13.1. The van der Waals surface area contributed by atoms with E-state index in [0.29, 0.717) is 0 Å². The van der Waals surface area contributed by atoms with E-state index < -0.39 is 0 Å². The molecule has 0 saturated heterocycles. The molecule has 3 heteroatoms. The van der Waals surface area contributed by atoms with Crippen LogP contribution in [0.15, 0.2) is 60.7 Å². The average molecular weight is 374 g/mol. The third-order valence-electron chi connectivity index (χ3n) is 3.36. The number of hydrogen-bond donors (Lipinski definition) is 2. The lowest BCUT2D eigenvalue weighted by Crippen LogP contribution is -2.03. The van der Waals surface area contributed by atoms with Gasteiger partial charge in [0.25, 0.3) is 0 Å². The van der Waals surface area contributed by atoms with Gasteiger partial charge >= 0.3 is 0 Å². The molecular formula is C17H15IN2. The number of nitrogen functional groups attached to an aromatic ring is 1. The first-order valence-corrected chi connectivity index (χ1v) is 7.57. The maximum Gasteiger partial charge on any atom is 0.0577 e. The molecule has 0 aliphatic carbocycles. The Morgan fingerprint density at radius 3 is 2.60 bits per heavy atom. The zero-order valence-electron chi connectivity index (χ0n) is 10.9. The summed E-state index contributed by atoms with van der Waals surface area (Å²) < 4.78 is 1.15. The number of halogens is 1. The molecule has 3 aromatic carbocycles. The van der Waals surface area contributed by atoms with Crippen LogP contribution in [0, 0.1) is 3.57 Å². The minimum absolute atomic E-state index is 0.770. The first-order valence-electron chi connectivity index (χ1n) is 6.49. The second kappa shape index (κ2) is 5.71. The second-order valence-corrected chi connectivity index (χ2v) is 5.97. The molecule has 0 atom stereocenters. The molecule has 0 unspecified atom stereocenters. The minimum atomic E-state index is 0.770. The summed E-state index contributed by atoms with van der Waals surface area (Å²) in [4.78, 5) is 0. The zero-order chi connectivity index (χ0) is 13.9. The largest absolute Gasteiger partial charge is 0.397 e. The predicted molar refractivity (Wildman–Crippen MR) is 94.8 cm³/mol. The number of hydrogen-bond acceptors (Lipinski definition) is 2. The molecule has 0 aliphatic heterocycles. The molecule has 0 fully saturated rings. The standard InChI is InChI=1S/C17H15IN2/c18-14-8-9-17(16(19)10-14)20-11-13-6-3-5-12-4-1-2-7-15(12)13/h1-10,20H,11,19H2. The first kappa shape index (κ1) is 13.2. The van der Waals surface area contributed by atoms with Crippen molar-refractivity contribution in [1.82, 2.24) is 0 Å². The van der Waals surface area contributed by atoms with E-state index in [4.69, 9.17) is 5.73 Å². The van der Waals surface area contributed by atoms with Crippen LogP contribution in [-0.4, -0.2) is 0 Å². The molecule has 20 heavy (non-hydrogen) atoms. The highest BCUT2D eigenvalue weighted by atomic mass is 127. The van der Waals surface area contributed by atoms with E-state index in [1.54, 1.807) is 0 Å². The van der Waals surface area contributed by atoms with Crippen LogP contribution in [0.2, 0.25) is 0 Å². The Labute approximate surface area is 132 Å². The summed E-state index contributed by atoms with van der Waals surface area (Å²) in [6.45, 7) is 0.770. The van der Waals surface area contributed by atoms with Crippen molar-refractivity contribution in [2.24, 2.45) is 0 Å². The molecule has 2 nitrogen and oxygen atoms in total. The summed E-state index contributed by atoms with van der Waals surface area (Å²) in [5.41, 5.74) is 9.08. The van der Waals surface area contributed by atoms with Gasteiger partial charge in [0.15, 0.2) is 0 Å². The van der Waals surface area contributed by atoms with Gasteiger partial charge in [0.2, 0.25) is 0 Å². The van der Waals surface area contributed by atoms with Gasteiger partial charge in [0.05, 0.1) is 11.4 Å². The summed E-state index contributed by atoms with van der Waals surface area (Å²) in [6, 6.07) is 20.9. The molecule has 0 amide bonds. The maximum atomic E-state index is 6.03. The first-order chi connectivity index (χ1) is 9.74. The molecule has 0 heterocycles. The Bertz CT molecular complexity index is 748. The topological polar surface area (TPSA) is 38.0 Å². The highest BCUT2D eigenvalue weighted by Crippen LogP contribution is 2.23. The number of rotatable bonds is 3. The highest BCUT2D eigenvalue weighted by molar-refractivity contribution is 14.1. The van der Waals surface area contributed by atoms with Crippen molar-refractivity contribution in [3.8, 4) is 0 Å². The Morgan fingerprint density at radius 1 is 0.950 bits per heavy atom. The van der Waals surface area contributed by atoms with E-state index in [1.165, 1.54) is 16.3 Å². The van der Waals surface area contributed by atoms with Crippen LogP contribution >= 0.6 is 22.6 Å². The molecule has 0 aromatic heterocycles. The molecule has 100 valence electrons. The van der Waals surface area contributed by atoms with Gasteiger partial charge in [-0.25, -0.2) is 0 Å². The van der Waals surface area contributed by atoms with Crippen molar-refractivity contribution < 1.29 is 0 Å². The molecule has 0 aliphatic rings. The van der Waals surface area contributed by atoms with Crippen LogP contribution in [0.3, 0.4) is 0 Å². The van der Waals surface area contributed by atoms with Gasteiger partial charge in [-0.3, -0.25) is 0 Å². The number of anilines is 2. The smallest absolute Gasteiger partial charge is 0.0577 e. The van der Waals surface area contributed by atoms with Crippen LogP contribution in [-0.2, 0) is 6.54 Å². The summed E-state index contributed by atoms with van der Waals surface area (Å²) in [6.07, 6.45) is 0. The van der Waals surface area contributed by atoms with Gasteiger partial charge < -0.3 is 11.1 Å². The van der Waals surface area contributed by atoms with E-state index in [2.05, 4.69) is 76.4 Å². The fraction of sp³-hybridized carbons (Fsp3) is 0.0588. The SMILES string of the molecule is Nc1cc(I)ccc1NCc1cccc2ccccc12. The molecule has 3 N–H and O–H groups in total. The van der Waals surface area contributed by atoms with Crippen molar-refractivity contribution in [2.75, 3.05) is 11.1 Å². The van der Waals surface area contributed by atoms with Gasteiger partial charge in [-0.1, -0.05) is 42.5 Å². The summed E-state index contributed by atoms with van der Waals surface area (Å²) in [5.74, 6) is 0. The Balaban J connectivity index is 1.87. The number of nitrogens with one attached hydrogen (secondary N) is 1. The molecule has 0 saturated carbocycles. The molecular weight excluding hydrogens is 359 g/mol. The fourth-order valence-electron chi connectivity index (χ4n) is 2.33. The minimum Gasteiger partial charge on any atom is -0.397 e. The number of benzene rings is 3. The van der Waals surface area contributed by atoms with Crippen LogP contribution < -0.4 is 11.1 Å². The molecule has 3 aromatic rings. The van der Waals surface area contributed by atoms with Crippen LogP contribution in [0.25, 0.3) is 10.8 Å². The number of nitrogens with two attached hydrogens (primary N) is 1. The quantitative estimate of drug-likeness (QED) is 0.518. The van der Waals surface area contributed by atoms with Crippen molar-refractivity contribution in [3.05, 3.63) is 69.8 Å². The summed E-state index contributed by atoms with van der Waals surface area (Å²) in [5, 5.41) is 5.97. The Kier molecular flexibility index (Phi) is 3.78. The third kappa shape index (κ3) is 2.72. The van der Waals surface area contributed by atoms with Gasteiger partial charge in [0, 0.05) is 10.1 Å². The lowest BCUT2D eigenvalue weighted by atomic mass is 10.0. The normalized spacial score (nSPS) is 10.7. The van der Waals surface area contributed by atoms with E-state index >= 15 is 0 Å². The van der Waals surface area contributed by atoms with E-state index in [9.17, 15) is 0 Å². The van der Waals surface area contributed by atoms with Crippen LogP contribution in [0.1, 0.15) is 5.56 Å². The van der Waals surface area contributed by atoms with Gasteiger partial charge in [-0.15, -0.1) is 0 Å². The van der Waals surface area contributed by atoms with Crippen molar-refractivity contribution in [3.63, 3.8) is 0 Å². The Morgan fingerprint density at radius 2 is 1.75 bits per heavy atom. The van der Waals surface area contributed by atoms with Crippen molar-refractivity contribution >= 4 is 44.7 Å². The fourth-order valence-corrected chi connectivity index (χ4v) is 2.85. The lowest BCUT2D eigenvalue weighted by Gasteiger charge is -2.11. The highest BCUT2D eigenvalue weighted by Gasteiger charge is 2.02. The van der Waals surface area contributed by atoms with Crippen LogP contribution in [0.4, 0.5) is 11.4 Å². The summed E-state index contributed by atoms with van der Waals surface area (Å²) >= 11 is 2.27. The van der Waals surface area contributed by atoms with E-state index in [1.807, 2.05) is 12.1 Å². The third-order valence-corrected chi connectivity index (χ3v) is 4.03. The Hall–Kier alpha value is -1.75.